The van der Waals surface area contributed by atoms with Crippen LogP contribution in [0.2, 0.25) is 0 Å². The van der Waals surface area contributed by atoms with E-state index in [1.54, 1.807) is 12.1 Å². The predicted octanol–water partition coefficient (Wildman–Crippen LogP) is 2.81. The molecule has 0 saturated carbocycles. The Morgan fingerprint density at radius 2 is 2.00 bits per heavy atom. The highest BCUT2D eigenvalue weighted by Gasteiger charge is 2.08. The average Bonchev–Trinajstić information content (AvgIpc) is 2.96. The van der Waals surface area contributed by atoms with Crippen LogP contribution in [0.15, 0.2) is 50.4 Å². The molecule has 0 atom stereocenters. The van der Waals surface area contributed by atoms with E-state index < -0.39 is 0 Å². The summed E-state index contributed by atoms with van der Waals surface area (Å²) in [6, 6.07) is 10.8. The molecule has 0 aliphatic rings. The van der Waals surface area contributed by atoms with Gasteiger partial charge in [-0.05, 0) is 61.7 Å². The summed E-state index contributed by atoms with van der Waals surface area (Å²) in [5.74, 6) is -0.215. The van der Waals surface area contributed by atoms with Gasteiger partial charge in [0, 0.05) is 0 Å². The molecule has 0 unspecified atom stereocenters. The van der Waals surface area contributed by atoms with Gasteiger partial charge in [-0.3, -0.25) is 4.79 Å². The molecule has 1 aromatic heterocycles. The minimum atomic E-state index is -0.321. The minimum absolute atomic E-state index is 0.0147. The molecule has 0 radical (unpaired) electrons. The van der Waals surface area contributed by atoms with Gasteiger partial charge >= 0.3 is 0 Å². The number of benzene rings is 2. The number of aromatic hydroxyl groups is 1. The fourth-order valence-electron chi connectivity index (χ4n) is 2.04. The number of hydrogen-bond donors (Lipinski definition) is 2. The molecule has 0 aliphatic heterocycles. The van der Waals surface area contributed by atoms with E-state index in [2.05, 4.69) is 52.7 Å². The van der Waals surface area contributed by atoms with Crippen LogP contribution in [0.1, 0.15) is 5.56 Å². The Morgan fingerprint density at radius 3 is 2.75 bits per heavy atom. The number of hydrogen-bond acceptors (Lipinski definition) is 5. The second kappa shape index (κ2) is 7.10. The highest BCUT2D eigenvalue weighted by atomic mass is 79.9. The van der Waals surface area contributed by atoms with Crippen molar-refractivity contribution in [3.8, 4) is 5.75 Å². The number of rotatable bonds is 4. The predicted molar refractivity (Wildman–Crippen MR) is 96.8 cm³/mol. The van der Waals surface area contributed by atoms with Gasteiger partial charge in [0.1, 0.15) is 17.8 Å². The summed E-state index contributed by atoms with van der Waals surface area (Å²) in [6.07, 6.45) is 1.48. The number of phenolic OH excluding ortho intramolecular Hbond substituents is 1. The summed E-state index contributed by atoms with van der Waals surface area (Å²) in [5.41, 5.74) is 4.65. The summed E-state index contributed by atoms with van der Waals surface area (Å²) in [6.45, 7) is 0.0147. The van der Waals surface area contributed by atoms with E-state index in [9.17, 15) is 9.90 Å². The van der Waals surface area contributed by atoms with E-state index in [1.165, 1.54) is 10.9 Å². The number of carbonyl (C=O) groups is 1. The van der Waals surface area contributed by atoms with Gasteiger partial charge in [-0.25, -0.2) is 10.1 Å². The summed E-state index contributed by atoms with van der Waals surface area (Å²) < 4.78 is 2.56. The topological polar surface area (TPSA) is 92.4 Å². The van der Waals surface area contributed by atoms with Crippen LogP contribution in [0, 0.1) is 0 Å². The Bertz CT molecular complexity index is 916. The quantitative estimate of drug-likeness (QED) is 0.470. The molecule has 1 amide bonds. The van der Waals surface area contributed by atoms with Crippen LogP contribution in [0.3, 0.4) is 0 Å². The molecule has 0 aliphatic carbocycles. The maximum Gasteiger partial charge on any atom is 0.261 e. The molecular weight excluding hydrogens is 442 g/mol. The molecule has 9 heteroatoms. The lowest BCUT2D eigenvalue weighted by Gasteiger charge is -2.03. The average molecular weight is 453 g/mol. The zero-order valence-corrected chi connectivity index (χ0v) is 15.3. The monoisotopic (exact) mass is 451 g/mol. The number of phenols is 1. The number of aromatic nitrogens is 3. The van der Waals surface area contributed by atoms with Crippen molar-refractivity contribution < 1.29 is 9.90 Å². The third-order valence-electron chi connectivity index (χ3n) is 3.16. The van der Waals surface area contributed by atoms with E-state index in [1.807, 2.05) is 24.3 Å². The number of hydrazone groups is 1. The first-order chi connectivity index (χ1) is 11.5. The van der Waals surface area contributed by atoms with Crippen molar-refractivity contribution in [2.45, 2.75) is 6.54 Å². The van der Waals surface area contributed by atoms with Gasteiger partial charge in [0.2, 0.25) is 0 Å². The van der Waals surface area contributed by atoms with E-state index in [4.69, 9.17) is 0 Å². The number of nitrogens with one attached hydrogen (secondary N) is 1. The molecule has 24 heavy (non-hydrogen) atoms. The third kappa shape index (κ3) is 3.62. The van der Waals surface area contributed by atoms with Gasteiger partial charge in [-0.1, -0.05) is 17.3 Å². The van der Waals surface area contributed by atoms with Crippen molar-refractivity contribution in [3.63, 3.8) is 0 Å². The Kier molecular flexibility index (Phi) is 4.91. The smallest absolute Gasteiger partial charge is 0.261 e. The molecule has 2 aromatic carbocycles. The Balaban J connectivity index is 1.65. The third-order valence-corrected chi connectivity index (χ3v) is 4.36. The number of amides is 1. The zero-order chi connectivity index (χ0) is 17.1. The summed E-state index contributed by atoms with van der Waals surface area (Å²) in [4.78, 5) is 12.0. The number of nitrogens with zero attached hydrogens (tertiary/aromatic N) is 4. The molecular formula is C15H11Br2N5O2. The molecule has 3 rings (SSSR count). The molecule has 122 valence electrons. The summed E-state index contributed by atoms with van der Waals surface area (Å²) in [5, 5.41) is 21.5. The van der Waals surface area contributed by atoms with Crippen LogP contribution >= 0.6 is 31.9 Å². The normalized spacial score (nSPS) is 11.2. The largest absolute Gasteiger partial charge is 0.506 e. The van der Waals surface area contributed by atoms with Gasteiger partial charge in [-0.15, -0.1) is 5.10 Å². The van der Waals surface area contributed by atoms with E-state index in [0.717, 1.165) is 11.0 Å². The number of para-hydroxylation sites is 1. The van der Waals surface area contributed by atoms with E-state index >= 15 is 0 Å². The van der Waals surface area contributed by atoms with Gasteiger partial charge in [0.25, 0.3) is 5.91 Å². The molecule has 0 saturated heterocycles. The maximum absolute atomic E-state index is 12.0. The van der Waals surface area contributed by atoms with Gasteiger partial charge < -0.3 is 5.11 Å². The van der Waals surface area contributed by atoms with Gasteiger partial charge in [-0.2, -0.15) is 5.10 Å². The summed E-state index contributed by atoms with van der Waals surface area (Å²) >= 11 is 6.47. The fraction of sp³-hybridized carbons (Fsp3) is 0.0667. The van der Waals surface area contributed by atoms with Crippen LogP contribution in [-0.4, -0.2) is 32.2 Å². The van der Waals surface area contributed by atoms with Crippen LogP contribution in [0.25, 0.3) is 11.0 Å². The van der Waals surface area contributed by atoms with Crippen molar-refractivity contribution in [2.75, 3.05) is 0 Å². The molecule has 3 aromatic rings. The van der Waals surface area contributed by atoms with Gasteiger partial charge in [0.05, 0.1) is 20.7 Å². The Hall–Kier alpha value is -2.26. The lowest BCUT2D eigenvalue weighted by Crippen LogP contribution is -2.23. The van der Waals surface area contributed by atoms with Crippen LogP contribution in [0.5, 0.6) is 5.75 Å². The molecule has 0 fully saturated rings. The van der Waals surface area contributed by atoms with Crippen molar-refractivity contribution in [3.05, 3.63) is 50.9 Å². The molecule has 1 heterocycles. The second-order valence-electron chi connectivity index (χ2n) is 4.86. The summed E-state index contributed by atoms with van der Waals surface area (Å²) in [7, 11) is 0. The minimum Gasteiger partial charge on any atom is -0.506 e. The first-order valence-corrected chi connectivity index (χ1v) is 8.41. The molecule has 7 nitrogen and oxygen atoms in total. The van der Waals surface area contributed by atoms with E-state index in [0.29, 0.717) is 14.5 Å². The number of fused-ring (bicyclic) bond motifs is 1. The van der Waals surface area contributed by atoms with Crippen molar-refractivity contribution in [2.24, 2.45) is 5.10 Å². The van der Waals surface area contributed by atoms with Crippen LogP contribution in [0.4, 0.5) is 0 Å². The highest BCUT2D eigenvalue weighted by molar-refractivity contribution is 9.11. The van der Waals surface area contributed by atoms with Gasteiger partial charge in [0.15, 0.2) is 0 Å². The van der Waals surface area contributed by atoms with Crippen LogP contribution in [-0.2, 0) is 11.3 Å². The fourth-order valence-corrected chi connectivity index (χ4v) is 3.27. The highest BCUT2D eigenvalue weighted by Crippen LogP contribution is 2.32. The van der Waals surface area contributed by atoms with E-state index in [-0.39, 0.29) is 18.2 Å². The lowest BCUT2D eigenvalue weighted by molar-refractivity contribution is -0.121. The molecule has 0 bridgehead atoms. The first kappa shape index (κ1) is 16.6. The second-order valence-corrected chi connectivity index (χ2v) is 6.57. The SMILES string of the molecule is O=C(Cn1nnc2ccccc21)N/N=C\c1cc(Br)c(O)c(Br)c1. The molecule has 0 spiro atoms. The standard InChI is InChI=1S/C15H11Br2N5O2/c16-10-5-9(6-11(17)15(10)24)7-18-20-14(23)8-22-13-4-2-1-3-12(13)19-21-22/h1-7,24H,8H2,(H,20,23)/b18-7-. The van der Waals surface area contributed by atoms with Crippen molar-refractivity contribution in [1.29, 1.82) is 0 Å². The maximum atomic E-state index is 12.0. The number of carbonyl (C=O) groups excluding carboxylic acids is 1. The molecule has 2 N–H and O–H groups in total. The zero-order valence-electron chi connectivity index (χ0n) is 12.1. The number of halogens is 2. The van der Waals surface area contributed by atoms with Crippen molar-refractivity contribution >= 4 is 55.0 Å². The first-order valence-electron chi connectivity index (χ1n) is 6.83. The van der Waals surface area contributed by atoms with Crippen molar-refractivity contribution in [1.82, 2.24) is 20.4 Å². The Labute approximate surface area is 153 Å². The van der Waals surface area contributed by atoms with Crippen LogP contribution < -0.4 is 5.43 Å². The lowest BCUT2D eigenvalue weighted by atomic mass is 10.2. The Morgan fingerprint density at radius 1 is 1.29 bits per heavy atom.